The molecular weight excluding hydrogens is 385 g/mol. The van der Waals surface area contributed by atoms with E-state index < -0.39 is 32.8 Å². The van der Waals surface area contributed by atoms with E-state index in [4.69, 9.17) is 9.29 Å². The number of carboxylic acid groups (broad SMARTS) is 1. The van der Waals surface area contributed by atoms with Crippen molar-refractivity contribution in [1.82, 2.24) is 0 Å². The van der Waals surface area contributed by atoms with Gasteiger partial charge in [-0.25, -0.2) is 4.79 Å². The summed E-state index contributed by atoms with van der Waals surface area (Å²) in [6, 6.07) is 9.41. The predicted octanol–water partition coefficient (Wildman–Crippen LogP) is -1.87. The van der Waals surface area contributed by atoms with E-state index in [9.17, 15) is 23.4 Å². The van der Waals surface area contributed by atoms with Crippen molar-refractivity contribution in [3.8, 4) is 11.5 Å². The molecule has 0 unspecified atom stereocenters. The maximum absolute atomic E-state index is 12.2. The minimum Gasteiger partial charge on any atom is -0.870 e. The van der Waals surface area contributed by atoms with Crippen molar-refractivity contribution in [2.75, 3.05) is 7.11 Å². The number of aliphatic imine (C=N–C) groups is 1. The third kappa shape index (κ3) is 6.33. The van der Waals surface area contributed by atoms with E-state index in [0.717, 1.165) is 23.9 Å². The number of hydrogen-bond donors (Lipinski definition) is 2. The minimum absolute atomic E-state index is 0. The van der Waals surface area contributed by atoms with Crippen LogP contribution in [0.1, 0.15) is 11.1 Å². The van der Waals surface area contributed by atoms with Crippen LogP contribution in [0.2, 0.25) is 0 Å². The van der Waals surface area contributed by atoms with E-state index >= 15 is 0 Å². The molecule has 2 N–H and O–H groups in total. The summed E-state index contributed by atoms with van der Waals surface area (Å²) in [6.07, 6.45) is 1.07. The topological polar surface area (TPSA) is 136 Å². The second kappa shape index (κ2) is 9.86. The molecule has 0 saturated carbocycles. The van der Waals surface area contributed by atoms with Gasteiger partial charge >= 0.3 is 35.5 Å². The Hall–Kier alpha value is -1.91. The van der Waals surface area contributed by atoms with E-state index in [1.54, 1.807) is 30.3 Å². The van der Waals surface area contributed by atoms with Gasteiger partial charge in [-0.2, -0.15) is 8.42 Å². The molecule has 0 aliphatic heterocycles. The first-order valence-corrected chi connectivity index (χ1v) is 8.83. The summed E-state index contributed by atoms with van der Waals surface area (Å²) in [5.74, 6) is -2.18. The molecule has 0 aliphatic rings. The van der Waals surface area contributed by atoms with E-state index in [0.29, 0.717) is 0 Å². The Morgan fingerprint density at radius 1 is 1.30 bits per heavy atom. The number of benzene rings is 2. The van der Waals surface area contributed by atoms with Gasteiger partial charge in [0.1, 0.15) is 5.75 Å². The zero-order valence-corrected chi connectivity index (χ0v) is 17.5. The monoisotopic (exact) mass is 401 g/mol. The molecule has 2 aromatic rings. The Balaban J connectivity index is 0.00000364. The van der Waals surface area contributed by atoms with Crippen LogP contribution in [0, 0.1) is 0 Å². The zero-order chi connectivity index (χ0) is 19.3. The average molecular weight is 401 g/mol. The van der Waals surface area contributed by atoms with Crippen LogP contribution >= 0.6 is 0 Å². The molecule has 27 heavy (non-hydrogen) atoms. The second-order valence-electron chi connectivity index (χ2n) is 5.34. The molecule has 0 radical (unpaired) electrons. The van der Waals surface area contributed by atoms with Crippen LogP contribution in [-0.4, -0.2) is 43.4 Å². The first-order valence-electron chi connectivity index (χ1n) is 7.39. The van der Waals surface area contributed by atoms with Gasteiger partial charge in [0.15, 0.2) is 6.04 Å². The van der Waals surface area contributed by atoms with Crippen LogP contribution in [0.15, 0.2) is 52.4 Å². The van der Waals surface area contributed by atoms with Crippen LogP contribution in [0.5, 0.6) is 11.5 Å². The van der Waals surface area contributed by atoms with Crippen molar-refractivity contribution in [3.05, 3.63) is 53.6 Å². The summed E-state index contributed by atoms with van der Waals surface area (Å²) in [4.78, 5) is 14.7. The van der Waals surface area contributed by atoms with Gasteiger partial charge in [-0.05, 0) is 17.2 Å². The van der Waals surface area contributed by atoms with E-state index in [1.165, 1.54) is 7.11 Å². The fraction of sp³-hybridized carbons (Fsp3) is 0.176. The van der Waals surface area contributed by atoms with Gasteiger partial charge in [0, 0.05) is 18.7 Å². The maximum Gasteiger partial charge on any atom is 1.00 e. The largest absolute Gasteiger partial charge is 1.00 e. The van der Waals surface area contributed by atoms with Crippen molar-refractivity contribution >= 4 is 22.3 Å². The van der Waals surface area contributed by atoms with E-state index in [2.05, 4.69) is 4.99 Å². The number of carboxylic acids is 1. The maximum atomic E-state index is 12.2. The van der Waals surface area contributed by atoms with Crippen molar-refractivity contribution in [1.29, 1.82) is 0 Å². The summed E-state index contributed by atoms with van der Waals surface area (Å²) in [5, 5.41) is 21.5. The molecule has 10 heteroatoms. The van der Waals surface area contributed by atoms with Crippen molar-refractivity contribution in [2.24, 2.45) is 4.99 Å². The van der Waals surface area contributed by atoms with Gasteiger partial charge in [-0.15, -0.1) is 0 Å². The molecular formula is C17H16NNaO7S. The second-order valence-corrected chi connectivity index (χ2v) is 6.76. The molecule has 0 aliphatic carbocycles. The van der Waals surface area contributed by atoms with Crippen LogP contribution in [0.3, 0.4) is 0 Å². The number of ether oxygens (including phenoxy) is 1. The van der Waals surface area contributed by atoms with Crippen LogP contribution in [-0.2, 0) is 21.3 Å². The molecule has 0 amide bonds. The molecule has 1 atom stereocenters. The number of aliphatic carboxylic acids is 1. The number of carbonyl (C=O) groups is 1. The Kier molecular flexibility index (Phi) is 8.45. The summed E-state index contributed by atoms with van der Waals surface area (Å²) < 4.78 is 36.6. The normalized spacial score (nSPS) is 12.4. The summed E-state index contributed by atoms with van der Waals surface area (Å²) in [6.45, 7) is 0. The number of hydrogen-bond acceptors (Lipinski definition) is 6. The molecule has 8 nitrogen and oxygen atoms in total. The Morgan fingerprint density at radius 3 is 2.44 bits per heavy atom. The molecule has 2 aromatic carbocycles. The molecule has 2 rings (SSSR count). The third-order valence-electron chi connectivity index (χ3n) is 3.53. The SMILES string of the molecule is COc1cc(S(=O)(=O)O)cc(C=N[C@@H](Cc2ccccc2)C(=O)O)c1[O-].[Na+]. The molecule has 0 aromatic heterocycles. The average Bonchev–Trinajstić information content (AvgIpc) is 2.59. The van der Waals surface area contributed by atoms with Gasteiger partial charge in [0.2, 0.25) is 0 Å². The van der Waals surface area contributed by atoms with Crippen LogP contribution < -0.4 is 39.4 Å². The van der Waals surface area contributed by atoms with E-state index in [-0.39, 0.29) is 47.3 Å². The smallest absolute Gasteiger partial charge is 0.870 e. The standard InChI is InChI=1S/C17H17NO7S.Na/c1-25-15-9-13(26(22,23)24)8-12(16(15)19)10-18-14(17(20)21)7-11-5-3-2-4-6-11;/h2-6,8-10,14,19H,7H2,1H3,(H,20,21)(H,22,23,24);/q;+1/p-1/t14-;/m0./s1. The molecule has 0 spiro atoms. The van der Waals surface area contributed by atoms with E-state index in [1.807, 2.05) is 0 Å². The molecule has 138 valence electrons. The number of rotatable bonds is 7. The van der Waals surface area contributed by atoms with Gasteiger partial charge < -0.3 is 14.9 Å². The van der Waals surface area contributed by atoms with Gasteiger partial charge in [0.05, 0.1) is 12.0 Å². The predicted molar refractivity (Wildman–Crippen MR) is 91.4 cm³/mol. The van der Waals surface area contributed by atoms with Crippen molar-refractivity contribution in [2.45, 2.75) is 17.4 Å². The van der Waals surface area contributed by atoms with Crippen LogP contribution in [0.25, 0.3) is 0 Å². The fourth-order valence-corrected chi connectivity index (χ4v) is 2.74. The Labute approximate surface area is 178 Å². The Bertz CT molecular complexity index is 930. The van der Waals surface area contributed by atoms with Crippen LogP contribution in [0.4, 0.5) is 0 Å². The first-order chi connectivity index (χ1) is 12.2. The molecule has 0 saturated heterocycles. The van der Waals surface area contributed by atoms with Crippen molar-refractivity contribution < 1.29 is 62.3 Å². The van der Waals surface area contributed by atoms with Gasteiger partial charge in [-0.1, -0.05) is 36.1 Å². The molecule has 0 heterocycles. The Morgan fingerprint density at radius 2 is 1.93 bits per heavy atom. The zero-order valence-electron chi connectivity index (χ0n) is 14.7. The quantitative estimate of drug-likeness (QED) is 0.315. The van der Waals surface area contributed by atoms with Crippen molar-refractivity contribution in [3.63, 3.8) is 0 Å². The fourth-order valence-electron chi connectivity index (χ4n) is 2.21. The van der Waals surface area contributed by atoms with Gasteiger partial charge in [0.25, 0.3) is 10.1 Å². The summed E-state index contributed by atoms with van der Waals surface area (Å²) >= 11 is 0. The molecule has 0 fully saturated rings. The van der Waals surface area contributed by atoms with Gasteiger partial charge in [-0.3, -0.25) is 9.55 Å². The number of nitrogens with zero attached hydrogens (tertiary/aromatic N) is 1. The summed E-state index contributed by atoms with van der Waals surface area (Å²) in [5.41, 5.74) is 0.528. The minimum atomic E-state index is -4.57. The number of methoxy groups -OCH3 is 1. The summed E-state index contributed by atoms with van der Waals surface area (Å²) in [7, 11) is -3.41. The first kappa shape index (κ1) is 23.1. The third-order valence-corrected chi connectivity index (χ3v) is 4.36. The molecule has 0 bridgehead atoms.